The Morgan fingerprint density at radius 3 is 2.76 bits per heavy atom. The molecule has 21 heavy (non-hydrogen) atoms. The summed E-state index contributed by atoms with van der Waals surface area (Å²) >= 11 is 0. The second-order valence-corrected chi connectivity index (χ2v) is 4.49. The van der Waals surface area contributed by atoms with Crippen LogP contribution in [0.5, 0.6) is 5.75 Å². The number of aromatic nitrogens is 1. The van der Waals surface area contributed by atoms with Crippen LogP contribution in [0.2, 0.25) is 0 Å². The van der Waals surface area contributed by atoms with E-state index in [1.807, 2.05) is 0 Å². The number of benzene rings is 1. The summed E-state index contributed by atoms with van der Waals surface area (Å²) in [4.78, 5) is 16.0. The molecule has 0 bridgehead atoms. The van der Waals surface area contributed by atoms with E-state index >= 15 is 0 Å². The van der Waals surface area contributed by atoms with Crippen molar-refractivity contribution in [2.24, 2.45) is 0 Å². The van der Waals surface area contributed by atoms with Crippen LogP contribution < -0.4 is 10.1 Å². The predicted molar refractivity (Wildman–Crippen MR) is 74.1 cm³/mol. The first kappa shape index (κ1) is 14.9. The third kappa shape index (κ3) is 3.75. The van der Waals surface area contributed by atoms with Crippen LogP contribution in [-0.4, -0.2) is 17.0 Å². The van der Waals surface area contributed by atoms with Crippen molar-refractivity contribution in [1.29, 1.82) is 0 Å². The summed E-state index contributed by atoms with van der Waals surface area (Å²) in [6.07, 6.45) is 0.597. The Hall–Kier alpha value is -2.50. The van der Waals surface area contributed by atoms with Crippen LogP contribution in [0.4, 0.5) is 14.6 Å². The van der Waals surface area contributed by atoms with Crippen molar-refractivity contribution < 1.29 is 18.3 Å². The number of hydrogen-bond acceptors (Lipinski definition) is 3. The van der Waals surface area contributed by atoms with Gasteiger partial charge in [-0.3, -0.25) is 4.79 Å². The number of carbonyl (C=O) groups is 1. The Morgan fingerprint density at radius 1 is 1.33 bits per heavy atom. The molecular formula is C15H14F2N2O2. The maximum absolute atomic E-state index is 13.5. The van der Waals surface area contributed by atoms with Gasteiger partial charge in [0.1, 0.15) is 11.6 Å². The van der Waals surface area contributed by atoms with Gasteiger partial charge in [0.25, 0.3) is 5.91 Å². The van der Waals surface area contributed by atoms with E-state index < -0.39 is 23.6 Å². The fraction of sp³-hybridized carbons (Fsp3) is 0.200. The second kappa shape index (κ2) is 6.30. The van der Waals surface area contributed by atoms with Gasteiger partial charge < -0.3 is 10.1 Å². The molecule has 1 aromatic carbocycles. The molecule has 0 aliphatic heterocycles. The number of anilines is 1. The van der Waals surface area contributed by atoms with Gasteiger partial charge >= 0.3 is 0 Å². The zero-order chi connectivity index (χ0) is 15.4. The molecule has 1 atom stereocenters. The summed E-state index contributed by atoms with van der Waals surface area (Å²) in [5.74, 6) is -1.81. The maximum atomic E-state index is 13.5. The highest BCUT2D eigenvalue weighted by Gasteiger charge is 2.18. The van der Waals surface area contributed by atoms with Crippen molar-refractivity contribution >= 4 is 11.7 Å². The van der Waals surface area contributed by atoms with Crippen LogP contribution in [0.25, 0.3) is 0 Å². The van der Waals surface area contributed by atoms with E-state index in [1.54, 1.807) is 25.3 Å². The second-order valence-electron chi connectivity index (χ2n) is 4.49. The maximum Gasteiger partial charge on any atom is 0.266 e. The molecule has 1 N–H and O–H groups in total. The van der Waals surface area contributed by atoms with Gasteiger partial charge in [0.2, 0.25) is 0 Å². The highest BCUT2D eigenvalue weighted by molar-refractivity contribution is 5.93. The monoisotopic (exact) mass is 292 g/mol. The highest BCUT2D eigenvalue weighted by atomic mass is 19.1. The predicted octanol–water partition coefficient (Wildman–Crippen LogP) is 3.07. The van der Waals surface area contributed by atoms with Crippen molar-refractivity contribution in [2.45, 2.75) is 20.0 Å². The zero-order valence-corrected chi connectivity index (χ0v) is 11.6. The molecule has 0 saturated carbocycles. The lowest BCUT2D eigenvalue weighted by molar-refractivity contribution is -0.122. The quantitative estimate of drug-likeness (QED) is 0.942. The molecule has 2 aromatic rings. The number of halogens is 2. The molecule has 0 spiro atoms. The van der Waals surface area contributed by atoms with Crippen molar-refractivity contribution in [3.05, 3.63) is 53.7 Å². The minimum absolute atomic E-state index is 0.184. The number of ether oxygens (including phenoxy) is 1. The standard InChI is InChI=1S/C15H14F2N2O2/c1-9-4-3-7-18-14(9)19-15(20)10(2)21-13-6-5-11(16)8-12(13)17/h3-8,10H,1-2H3,(H,18,19,20)/t10-/m1/s1. The van der Waals surface area contributed by atoms with Crippen LogP contribution >= 0.6 is 0 Å². The van der Waals surface area contributed by atoms with E-state index in [0.29, 0.717) is 11.9 Å². The molecule has 1 heterocycles. The van der Waals surface area contributed by atoms with E-state index in [4.69, 9.17) is 4.74 Å². The van der Waals surface area contributed by atoms with E-state index in [0.717, 1.165) is 17.7 Å². The Bertz CT molecular complexity index is 662. The molecule has 0 fully saturated rings. The SMILES string of the molecule is Cc1cccnc1NC(=O)[C@@H](C)Oc1ccc(F)cc1F. The topological polar surface area (TPSA) is 51.2 Å². The summed E-state index contributed by atoms with van der Waals surface area (Å²) in [6, 6.07) is 6.45. The first-order valence-electron chi connectivity index (χ1n) is 6.31. The van der Waals surface area contributed by atoms with Crippen molar-refractivity contribution in [1.82, 2.24) is 4.98 Å². The normalized spacial score (nSPS) is 11.8. The number of nitrogens with zero attached hydrogens (tertiary/aromatic N) is 1. The number of pyridine rings is 1. The van der Waals surface area contributed by atoms with Gasteiger partial charge in [0.15, 0.2) is 17.7 Å². The van der Waals surface area contributed by atoms with Crippen molar-refractivity contribution in [2.75, 3.05) is 5.32 Å². The summed E-state index contributed by atoms with van der Waals surface area (Å²) in [6.45, 7) is 3.27. The molecule has 2 rings (SSSR count). The third-order valence-electron chi connectivity index (χ3n) is 2.82. The van der Waals surface area contributed by atoms with Crippen LogP contribution in [0.3, 0.4) is 0 Å². The molecule has 4 nitrogen and oxygen atoms in total. The Morgan fingerprint density at radius 2 is 2.10 bits per heavy atom. The fourth-order valence-corrected chi connectivity index (χ4v) is 1.65. The van der Waals surface area contributed by atoms with Crippen LogP contribution in [0.1, 0.15) is 12.5 Å². The van der Waals surface area contributed by atoms with Crippen LogP contribution in [-0.2, 0) is 4.79 Å². The Kier molecular flexibility index (Phi) is 4.47. The largest absolute Gasteiger partial charge is 0.478 e. The third-order valence-corrected chi connectivity index (χ3v) is 2.82. The molecule has 0 aliphatic rings. The lowest BCUT2D eigenvalue weighted by Gasteiger charge is -2.15. The van der Waals surface area contributed by atoms with Crippen LogP contribution in [0, 0.1) is 18.6 Å². The van der Waals surface area contributed by atoms with E-state index in [9.17, 15) is 13.6 Å². The van der Waals surface area contributed by atoms with E-state index in [2.05, 4.69) is 10.3 Å². The molecule has 0 unspecified atom stereocenters. The number of aryl methyl sites for hydroxylation is 1. The molecule has 6 heteroatoms. The van der Waals surface area contributed by atoms with Gasteiger partial charge in [0, 0.05) is 12.3 Å². The highest BCUT2D eigenvalue weighted by Crippen LogP contribution is 2.19. The first-order valence-corrected chi connectivity index (χ1v) is 6.31. The fourth-order valence-electron chi connectivity index (χ4n) is 1.65. The lowest BCUT2D eigenvalue weighted by atomic mass is 10.2. The zero-order valence-electron chi connectivity index (χ0n) is 11.6. The minimum atomic E-state index is -0.952. The molecule has 1 amide bonds. The van der Waals surface area contributed by atoms with Gasteiger partial charge in [-0.15, -0.1) is 0 Å². The van der Waals surface area contributed by atoms with Crippen molar-refractivity contribution in [3.8, 4) is 5.75 Å². The summed E-state index contributed by atoms with van der Waals surface area (Å²) < 4.78 is 31.4. The van der Waals surface area contributed by atoms with Crippen molar-refractivity contribution in [3.63, 3.8) is 0 Å². The first-order chi connectivity index (χ1) is 9.97. The molecular weight excluding hydrogens is 278 g/mol. The summed E-state index contributed by atoms with van der Waals surface area (Å²) in [5.41, 5.74) is 0.797. The number of amides is 1. The minimum Gasteiger partial charge on any atom is -0.478 e. The Balaban J connectivity index is 2.04. The lowest BCUT2D eigenvalue weighted by Crippen LogP contribution is -2.31. The molecule has 0 aliphatic carbocycles. The van der Waals surface area contributed by atoms with Gasteiger partial charge in [-0.25, -0.2) is 13.8 Å². The number of nitrogens with one attached hydrogen (secondary N) is 1. The van der Waals surface area contributed by atoms with Gasteiger partial charge in [0.05, 0.1) is 0 Å². The van der Waals surface area contributed by atoms with E-state index in [1.165, 1.54) is 6.92 Å². The number of carbonyl (C=O) groups excluding carboxylic acids is 1. The van der Waals surface area contributed by atoms with E-state index in [-0.39, 0.29) is 5.75 Å². The number of rotatable bonds is 4. The average Bonchev–Trinajstić information content (AvgIpc) is 2.44. The average molecular weight is 292 g/mol. The molecule has 1 aromatic heterocycles. The molecule has 110 valence electrons. The summed E-state index contributed by atoms with van der Waals surface area (Å²) in [7, 11) is 0. The van der Waals surface area contributed by atoms with Crippen LogP contribution in [0.15, 0.2) is 36.5 Å². The summed E-state index contributed by atoms with van der Waals surface area (Å²) in [5, 5.41) is 2.59. The smallest absolute Gasteiger partial charge is 0.266 e. The van der Waals surface area contributed by atoms with Gasteiger partial charge in [-0.2, -0.15) is 0 Å². The number of hydrogen-bond donors (Lipinski definition) is 1. The Labute approximate surface area is 120 Å². The molecule has 0 radical (unpaired) electrons. The molecule has 0 saturated heterocycles. The van der Waals surface area contributed by atoms with Gasteiger partial charge in [-0.05, 0) is 37.6 Å². The van der Waals surface area contributed by atoms with Gasteiger partial charge in [-0.1, -0.05) is 6.07 Å².